The Bertz CT molecular complexity index is 909. The van der Waals surface area contributed by atoms with Crippen LogP contribution in [0.15, 0.2) is 35.3 Å². The average Bonchev–Trinajstić information content (AvgIpc) is 3.43. The van der Waals surface area contributed by atoms with Gasteiger partial charge in [0.1, 0.15) is 0 Å². The average molecular weight is 558 g/mol. The first kappa shape index (κ1) is 24.6. The normalized spacial score (nSPS) is 26.9. The molecule has 1 aromatic rings. The predicted molar refractivity (Wildman–Crippen MR) is 129 cm³/mol. The molecule has 9 heteroatoms. The van der Waals surface area contributed by atoms with E-state index in [1.165, 1.54) is 11.0 Å². The number of rotatable bonds is 7. The van der Waals surface area contributed by atoms with Crippen molar-refractivity contribution in [2.24, 2.45) is 28.7 Å². The van der Waals surface area contributed by atoms with Crippen LogP contribution >= 0.6 is 24.0 Å². The number of nitrogens with zero attached hydrogens (tertiary/aromatic N) is 2. The Hall–Kier alpha value is -2.04. The lowest BCUT2D eigenvalue weighted by molar-refractivity contribution is -0.140. The van der Waals surface area contributed by atoms with Crippen LogP contribution in [0.5, 0.6) is 0 Å². The highest BCUT2D eigenvalue weighted by Gasteiger charge is 2.58. The van der Waals surface area contributed by atoms with Crippen molar-refractivity contribution in [1.82, 2.24) is 15.5 Å². The third-order valence-electron chi connectivity index (χ3n) is 6.57. The number of guanidine groups is 1. The number of carbonyl (C=O) groups is 2. The number of benzene rings is 1. The van der Waals surface area contributed by atoms with Crippen molar-refractivity contribution in [2.45, 2.75) is 26.2 Å². The molecular formula is C23H29F2IN4O2. The van der Waals surface area contributed by atoms with Gasteiger partial charge in [-0.25, -0.2) is 8.78 Å². The lowest BCUT2D eigenvalue weighted by Gasteiger charge is -2.19. The molecule has 1 aromatic carbocycles. The molecule has 5 atom stereocenters. The van der Waals surface area contributed by atoms with Gasteiger partial charge in [0, 0.05) is 32.1 Å². The minimum Gasteiger partial charge on any atom is -0.357 e. The van der Waals surface area contributed by atoms with Gasteiger partial charge in [-0.05, 0) is 42.9 Å². The maximum atomic E-state index is 13.5. The molecule has 2 amide bonds. The molecule has 2 N–H and O–H groups in total. The van der Waals surface area contributed by atoms with Gasteiger partial charge in [-0.15, -0.1) is 24.0 Å². The van der Waals surface area contributed by atoms with E-state index in [0.717, 1.165) is 12.5 Å². The molecule has 2 aliphatic carbocycles. The molecule has 1 saturated carbocycles. The summed E-state index contributed by atoms with van der Waals surface area (Å²) in [5.41, 5.74) is 0.668. The summed E-state index contributed by atoms with van der Waals surface area (Å²) in [6, 6.07) is 3.87. The highest BCUT2D eigenvalue weighted by molar-refractivity contribution is 14.0. The van der Waals surface area contributed by atoms with E-state index in [4.69, 9.17) is 0 Å². The second-order valence-corrected chi connectivity index (χ2v) is 8.55. The number of carbonyl (C=O) groups excluding carboxylic acids is 2. The van der Waals surface area contributed by atoms with Gasteiger partial charge < -0.3 is 10.6 Å². The van der Waals surface area contributed by atoms with Crippen molar-refractivity contribution in [1.29, 1.82) is 0 Å². The van der Waals surface area contributed by atoms with Crippen LogP contribution < -0.4 is 10.6 Å². The molecule has 5 unspecified atom stereocenters. The molecular weight excluding hydrogens is 529 g/mol. The number of hydrogen-bond donors (Lipinski definition) is 2. The lowest BCUT2D eigenvalue weighted by atomic mass is 9.85. The van der Waals surface area contributed by atoms with E-state index in [1.54, 1.807) is 6.07 Å². The SMILES string of the molecule is CCNC(=NCC(C)c1ccc(F)c(F)c1)NCCN1C(=O)C2C3C=CC(C3)C2C1=O.I. The molecule has 0 aromatic heterocycles. The number of likely N-dealkylation sites (tertiary alicyclic amines) is 1. The second kappa shape index (κ2) is 10.3. The van der Waals surface area contributed by atoms with Gasteiger partial charge in [0.15, 0.2) is 17.6 Å². The molecule has 0 radical (unpaired) electrons. The Morgan fingerprint density at radius 2 is 1.78 bits per heavy atom. The van der Waals surface area contributed by atoms with Crippen LogP contribution in [0.1, 0.15) is 31.7 Å². The maximum Gasteiger partial charge on any atom is 0.233 e. The lowest BCUT2D eigenvalue weighted by Crippen LogP contribution is -2.43. The van der Waals surface area contributed by atoms with Crippen molar-refractivity contribution in [3.63, 3.8) is 0 Å². The van der Waals surface area contributed by atoms with Crippen LogP contribution in [0, 0.1) is 35.3 Å². The van der Waals surface area contributed by atoms with Crippen molar-refractivity contribution in [3.8, 4) is 0 Å². The molecule has 6 nitrogen and oxygen atoms in total. The third-order valence-corrected chi connectivity index (χ3v) is 6.57. The number of allylic oxidation sites excluding steroid dienone is 2. The summed E-state index contributed by atoms with van der Waals surface area (Å²) in [5, 5.41) is 6.29. The summed E-state index contributed by atoms with van der Waals surface area (Å²) in [5.74, 6) is -1.33. The number of nitrogens with one attached hydrogen (secondary N) is 2. The minimum atomic E-state index is -0.869. The third kappa shape index (κ3) is 4.67. The Balaban J connectivity index is 0.00000289. The fraction of sp³-hybridized carbons (Fsp3) is 0.522. The summed E-state index contributed by atoms with van der Waals surface area (Å²) in [4.78, 5) is 31.4. The molecule has 1 heterocycles. The fourth-order valence-corrected chi connectivity index (χ4v) is 4.96. The predicted octanol–water partition coefficient (Wildman–Crippen LogP) is 3.05. The number of fused-ring (bicyclic) bond motifs is 5. The van der Waals surface area contributed by atoms with Crippen molar-refractivity contribution in [2.75, 3.05) is 26.2 Å². The monoisotopic (exact) mass is 558 g/mol. The summed E-state index contributed by atoms with van der Waals surface area (Å²) in [7, 11) is 0. The Labute approximate surface area is 203 Å². The second-order valence-electron chi connectivity index (χ2n) is 8.55. The van der Waals surface area contributed by atoms with Crippen molar-refractivity contribution < 1.29 is 18.4 Å². The van der Waals surface area contributed by atoms with E-state index in [0.29, 0.717) is 37.7 Å². The first-order valence-corrected chi connectivity index (χ1v) is 10.9. The molecule has 0 spiro atoms. The summed E-state index contributed by atoms with van der Waals surface area (Å²) < 4.78 is 26.6. The van der Waals surface area contributed by atoms with Gasteiger partial charge in [-0.1, -0.05) is 25.1 Å². The van der Waals surface area contributed by atoms with Crippen LogP contribution in [-0.4, -0.2) is 48.9 Å². The van der Waals surface area contributed by atoms with Crippen molar-refractivity contribution >= 4 is 41.8 Å². The van der Waals surface area contributed by atoms with Crippen LogP contribution in [0.2, 0.25) is 0 Å². The van der Waals surface area contributed by atoms with Crippen molar-refractivity contribution in [3.05, 3.63) is 47.5 Å². The van der Waals surface area contributed by atoms with Gasteiger partial charge in [-0.2, -0.15) is 0 Å². The first-order valence-electron chi connectivity index (χ1n) is 10.9. The number of amides is 2. The fourth-order valence-electron chi connectivity index (χ4n) is 4.96. The van der Waals surface area contributed by atoms with Gasteiger partial charge in [0.05, 0.1) is 11.8 Å². The topological polar surface area (TPSA) is 73.8 Å². The Morgan fingerprint density at radius 1 is 1.12 bits per heavy atom. The van der Waals surface area contributed by atoms with E-state index in [2.05, 4.69) is 27.8 Å². The molecule has 4 rings (SSSR count). The highest BCUT2D eigenvalue weighted by atomic mass is 127. The number of aliphatic imine (C=N–C) groups is 1. The van der Waals surface area contributed by atoms with E-state index in [9.17, 15) is 18.4 Å². The molecule has 1 saturated heterocycles. The molecule has 1 aliphatic heterocycles. The Kier molecular flexibility index (Phi) is 7.89. The minimum absolute atomic E-state index is 0. The standard InChI is InChI=1S/C23H28F2N4O2.HI/c1-3-26-23(28-12-13(2)14-6-7-17(24)18(25)11-14)27-8-9-29-21(30)19-15-4-5-16(10-15)20(19)22(29)31;/h4-7,11,13,15-16,19-20H,3,8-10,12H2,1-2H3,(H2,26,27,28);1H. The first-order chi connectivity index (χ1) is 14.9. The van der Waals surface area contributed by atoms with E-state index in [1.807, 2.05) is 13.8 Å². The van der Waals surface area contributed by atoms with Crippen LogP contribution in [0.4, 0.5) is 8.78 Å². The number of hydrogen-bond acceptors (Lipinski definition) is 3. The zero-order valence-electron chi connectivity index (χ0n) is 18.2. The summed E-state index contributed by atoms with van der Waals surface area (Å²) in [6.45, 7) is 5.54. The Morgan fingerprint density at radius 3 is 2.38 bits per heavy atom. The molecule has 3 aliphatic rings. The largest absolute Gasteiger partial charge is 0.357 e. The van der Waals surface area contributed by atoms with Crippen LogP contribution in [-0.2, 0) is 9.59 Å². The maximum absolute atomic E-state index is 13.5. The summed E-state index contributed by atoms with van der Waals surface area (Å²) >= 11 is 0. The number of halogens is 3. The van der Waals surface area contributed by atoms with Crippen LogP contribution in [0.25, 0.3) is 0 Å². The number of imide groups is 1. The molecule has 2 bridgehead atoms. The zero-order chi connectivity index (χ0) is 22.1. The van der Waals surface area contributed by atoms with E-state index in [-0.39, 0.29) is 65.4 Å². The van der Waals surface area contributed by atoms with E-state index >= 15 is 0 Å². The van der Waals surface area contributed by atoms with Gasteiger partial charge in [0.2, 0.25) is 11.8 Å². The smallest absolute Gasteiger partial charge is 0.233 e. The van der Waals surface area contributed by atoms with Gasteiger partial charge >= 0.3 is 0 Å². The van der Waals surface area contributed by atoms with E-state index < -0.39 is 11.6 Å². The van der Waals surface area contributed by atoms with Crippen LogP contribution in [0.3, 0.4) is 0 Å². The molecule has 2 fully saturated rings. The molecule has 32 heavy (non-hydrogen) atoms. The highest BCUT2D eigenvalue weighted by Crippen LogP contribution is 2.52. The van der Waals surface area contributed by atoms with Gasteiger partial charge in [-0.3, -0.25) is 19.5 Å². The quantitative estimate of drug-likeness (QED) is 0.178. The van der Waals surface area contributed by atoms with Gasteiger partial charge in [0.25, 0.3) is 0 Å². The summed E-state index contributed by atoms with van der Waals surface area (Å²) in [6.07, 6.45) is 5.10. The zero-order valence-corrected chi connectivity index (χ0v) is 20.5. The molecule has 174 valence electrons.